The smallest absolute Gasteiger partial charge is 0.234 e. The van der Waals surface area contributed by atoms with E-state index in [-0.39, 0.29) is 11.9 Å². The molecule has 0 radical (unpaired) electrons. The number of likely N-dealkylation sites (N-methyl/N-ethyl adjacent to an activating group) is 1. The first kappa shape index (κ1) is 13.4. The molecule has 4 nitrogen and oxygen atoms in total. The van der Waals surface area contributed by atoms with Gasteiger partial charge >= 0.3 is 0 Å². The molecule has 0 atom stereocenters. The van der Waals surface area contributed by atoms with Crippen molar-refractivity contribution in [2.75, 3.05) is 26.2 Å². The second-order valence-electron chi connectivity index (χ2n) is 3.73. The van der Waals surface area contributed by atoms with Gasteiger partial charge in [-0.2, -0.15) is 0 Å². The molecular formula is C10H23N3O. The van der Waals surface area contributed by atoms with Crippen LogP contribution in [0.4, 0.5) is 0 Å². The van der Waals surface area contributed by atoms with E-state index in [0.29, 0.717) is 13.1 Å². The molecule has 3 N–H and O–H groups in total. The molecule has 0 unspecified atom stereocenters. The molecule has 0 aliphatic rings. The maximum absolute atomic E-state index is 11.4. The van der Waals surface area contributed by atoms with Crippen molar-refractivity contribution in [1.82, 2.24) is 10.2 Å². The molecule has 84 valence electrons. The van der Waals surface area contributed by atoms with E-state index in [4.69, 9.17) is 5.73 Å². The summed E-state index contributed by atoms with van der Waals surface area (Å²) in [4.78, 5) is 13.5. The molecule has 0 aromatic carbocycles. The van der Waals surface area contributed by atoms with Gasteiger partial charge in [-0.25, -0.2) is 0 Å². The molecule has 0 aliphatic heterocycles. The summed E-state index contributed by atoms with van der Waals surface area (Å²) in [6.07, 6.45) is 0.947. The second-order valence-corrected chi connectivity index (χ2v) is 3.73. The Morgan fingerprint density at radius 2 is 2.14 bits per heavy atom. The largest absolute Gasteiger partial charge is 0.353 e. The average molecular weight is 201 g/mol. The standard InChI is InChI=1S/C10H23N3O/c1-4-13(7-5-6-11)8-10(14)12-9(2)3/h9H,4-8,11H2,1-3H3,(H,12,14). The lowest BCUT2D eigenvalue weighted by Crippen LogP contribution is -2.40. The Kier molecular flexibility index (Phi) is 7.42. The zero-order valence-corrected chi connectivity index (χ0v) is 9.55. The van der Waals surface area contributed by atoms with Crippen molar-refractivity contribution in [2.24, 2.45) is 5.73 Å². The first-order valence-corrected chi connectivity index (χ1v) is 5.32. The maximum atomic E-state index is 11.4. The number of nitrogens with zero attached hydrogens (tertiary/aromatic N) is 1. The molecule has 1 amide bonds. The molecule has 0 aliphatic carbocycles. The molecule has 0 heterocycles. The van der Waals surface area contributed by atoms with Crippen molar-refractivity contribution in [2.45, 2.75) is 33.2 Å². The number of amides is 1. The van der Waals surface area contributed by atoms with E-state index in [1.807, 2.05) is 13.8 Å². The topological polar surface area (TPSA) is 58.4 Å². The van der Waals surface area contributed by atoms with E-state index in [0.717, 1.165) is 19.5 Å². The molecule has 0 rings (SSSR count). The highest BCUT2D eigenvalue weighted by molar-refractivity contribution is 5.78. The zero-order chi connectivity index (χ0) is 11.0. The van der Waals surface area contributed by atoms with E-state index < -0.39 is 0 Å². The third-order valence-corrected chi connectivity index (χ3v) is 1.94. The molecular weight excluding hydrogens is 178 g/mol. The van der Waals surface area contributed by atoms with Crippen LogP contribution >= 0.6 is 0 Å². The van der Waals surface area contributed by atoms with E-state index in [2.05, 4.69) is 17.1 Å². The molecule has 0 saturated heterocycles. The number of nitrogens with one attached hydrogen (secondary N) is 1. The predicted octanol–water partition coefficient (Wildman–Crippen LogP) is 0.182. The second kappa shape index (κ2) is 7.76. The molecule has 0 aromatic heterocycles. The molecule has 4 heteroatoms. The first-order chi connectivity index (χ1) is 6.60. The Labute approximate surface area is 86.8 Å². The number of hydrogen-bond acceptors (Lipinski definition) is 3. The Morgan fingerprint density at radius 3 is 2.57 bits per heavy atom. The van der Waals surface area contributed by atoms with Gasteiger partial charge in [-0.15, -0.1) is 0 Å². The van der Waals surface area contributed by atoms with Crippen molar-refractivity contribution < 1.29 is 4.79 Å². The van der Waals surface area contributed by atoms with E-state index in [1.54, 1.807) is 0 Å². The summed E-state index contributed by atoms with van der Waals surface area (Å²) >= 11 is 0. The van der Waals surface area contributed by atoms with Crippen LogP contribution < -0.4 is 11.1 Å². The van der Waals surface area contributed by atoms with Gasteiger partial charge in [0.05, 0.1) is 6.54 Å². The number of hydrogen-bond donors (Lipinski definition) is 2. The van der Waals surface area contributed by atoms with Crippen LogP contribution in [0.2, 0.25) is 0 Å². The van der Waals surface area contributed by atoms with Gasteiger partial charge in [-0.1, -0.05) is 6.92 Å². The average Bonchev–Trinajstić information content (AvgIpc) is 2.10. The summed E-state index contributed by atoms with van der Waals surface area (Å²) in [5.74, 6) is 0.0962. The van der Waals surface area contributed by atoms with Crippen LogP contribution in [0.5, 0.6) is 0 Å². The van der Waals surface area contributed by atoms with Gasteiger partial charge < -0.3 is 11.1 Å². The van der Waals surface area contributed by atoms with Crippen molar-refractivity contribution in [1.29, 1.82) is 0 Å². The lowest BCUT2D eigenvalue weighted by Gasteiger charge is -2.20. The zero-order valence-electron chi connectivity index (χ0n) is 9.55. The lowest BCUT2D eigenvalue weighted by atomic mass is 10.3. The fraction of sp³-hybridized carbons (Fsp3) is 0.900. The van der Waals surface area contributed by atoms with Crippen LogP contribution in [0.1, 0.15) is 27.2 Å². The summed E-state index contributed by atoms with van der Waals surface area (Å²) in [5, 5.41) is 2.87. The van der Waals surface area contributed by atoms with Gasteiger partial charge in [0.25, 0.3) is 0 Å². The van der Waals surface area contributed by atoms with Crippen LogP contribution in [-0.4, -0.2) is 43.0 Å². The van der Waals surface area contributed by atoms with Crippen LogP contribution in [0.3, 0.4) is 0 Å². The van der Waals surface area contributed by atoms with E-state index in [9.17, 15) is 4.79 Å². The summed E-state index contributed by atoms with van der Waals surface area (Å²) in [6.45, 7) is 8.95. The molecule has 14 heavy (non-hydrogen) atoms. The van der Waals surface area contributed by atoms with Crippen molar-refractivity contribution in [3.8, 4) is 0 Å². The van der Waals surface area contributed by atoms with Gasteiger partial charge in [0.2, 0.25) is 5.91 Å². The predicted molar refractivity (Wildman–Crippen MR) is 59.1 cm³/mol. The van der Waals surface area contributed by atoms with Gasteiger partial charge in [0.1, 0.15) is 0 Å². The third kappa shape index (κ3) is 6.86. The Morgan fingerprint density at radius 1 is 1.50 bits per heavy atom. The monoisotopic (exact) mass is 201 g/mol. The minimum Gasteiger partial charge on any atom is -0.353 e. The highest BCUT2D eigenvalue weighted by atomic mass is 16.2. The molecule has 0 aromatic rings. The molecule has 0 spiro atoms. The van der Waals surface area contributed by atoms with Gasteiger partial charge in [-0.05, 0) is 39.9 Å². The van der Waals surface area contributed by atoms with E-state index >= 15 is 0 Å². The van der Waals surface area contributed by atoms with Crippen molar-refractivity contribution in [3.05, 3.63) is 0 Å². The van der Waals surface area contributed by atoms with Crippen molar-refractivity contribution >= 4 is 5.91 Å². The van der Waals surface area contributed by atoms with E-state index in [1.165, 1.54) is 0 Å². The van der Waals surface area contributed by atoms with Gasteiger partial charge in [-0.3, -0.25) is 9.69 Å². The fourth-order valence-electron chi connectivity index (χ4n) is 1.23. The van der Waals surface area contributed by atoms with Gasteiger partial charge in [0.15, 0.2) is 0 Å². The van der Waals surface area contributed by atoms with Crippen LogP contribution in [-0.2, 0) is 4.79 Å². The third-order valence-electron chi connectivity index (χ3n) is 1.94. The minimum absolute atomic E-state index is 0.0962. The summed E-state index contributed by atoms with van der Waals surface area (Å²) < 4.78 is 0. The van der Waals surface area contributed by atoms with Crippen LogP contribution in [0, 0.1) is 0 Å². The number of rotatable bonds is 7. The lowest BCUT2D eigenvalue weighted by molar-refractivity contribution is -0.122. The number of carbonyl (C=O) groups excluding carboxylic acids is 1. The number of nitrogens with two attached hydrogens (primary N) is 1. The van der Waals surface area contributed by atoms with Crippen LogP contribution in [0.25, 0.3) is 0 Å². The van der Waals surface area contributed by atoms with Crippen LogP contribution in [0.15, 0.2) is 0 Å². The Bertz CT molecular complexity index is 159. The molecule has 0 bridgehead atoms. The van der Waals surface area contributed by atoms with Crippen molar-refractivity contribution in [3.63, 3.8) is 0 Å². The fourth-order valence-corrected chi connectivity index (χ4v) is 1.23. The normalized spacial score (nSPS) is 11.0. The minimum atomic E-state index is 0.0962. The number of carbonyl (C=O) groups is 1. The Balaban J connectivity index is 3.74. The summed E-state index contributed by atoms with van der Waals surface area (Å²) in [6, 6.07) is 0.218. The van der Waals surface area contributed by atoms with Gasteiger partial charge in [0, 0.05) is 6.04 Å². The highest BCUT2D eigenvalue weighted by Crippen LogP contribution is 1.90. The first-order valence-electron chi connectivity index (χ1n) is 5.32. The Hall–Kier alpha value is -0.610. The SMILES string of the molecule is CCN(CCCN)CC(=O)NC(C)C. The summed E-state index contributed by atoms with van der Waals surface area (Å²) in [5.41, 5.74) is 5.42. The quantitative estimate of drug-likeness (QED) is 0.618. The maximum Gasteiger partial charge on any atom is 0.234 e. The molecule has 0 fully saturated rings. The molecule has 0 saturated carbocycles. The summed E-state index contributed by atoms with van der Waals surface area (Å²) in [7, 11) is 0. The highest BCUT2D eigenvalue weighted by Gasteiger charge is 2.08.